The van der Waals surface area contributed by atoms with Crippen LogP contribution in [0.15, 0.2) is 24.3 Å². The van der Waals surface area contributed by atoms with Crippen LogP contribution in [0.25, 0.3) is 0 Å². The first kappa shape index (κ1) is 16.7. The first-order valence-corrected chi connectivity index (χ1v) is 8.14. The number of ketones is 1. The van der Waals surface area contributed by atoms with Gasteiger partial charge in [0, 0.05) is 24.9 Å². The number of rotatable bonds is 8. The summed E-state index contributed by atoms with van der Waals surface area (Å²) in [5, 5.41) is 12.6. The van der Waals surface area contributed by atoms with Gasteiger partial charge in [0.15, 0.2) is 5.78 Å². The molecular formula is C18H25NO3. The van der Waals surface area contributed by atoms with E-state index in [1.165, 1.54) is 5.56 Å². The molecule has 0 aromatic heterocycles. The molecule has 1 aromatic rings. The maximum Gasteiger partial charge on any atom is 0.220 e. The van der Waals surface area contributed by atoms with Gasteiger partial charge in [-0.2, -0.15) is 0 Å². The fraction of sp³-hybridized carbons (Fsp3) is 0.556. The number of carbonyl (C=O) groups is 2. The average molecular weight is 303 g/mol. The molecule has 4 nitrogen and oxygen atoms in total. The van der Waals surface area contributed by atoms with E-state index < -0.39 is 5.60 Å². The quantitative estimate of drug-likeness (QED) is 0.726. The molecule has 1 saturated carbocycles. The smallest absolute Gasteiger partial charge is 0.220 e. The molecule has 0 spiro atoms. The van der Waals surface area contributed by atoms with E-state index in [0.29, 0.717) is 12.1 Å². The van der Waals surface area contributed by atoms with Crippen molar-refractivity contribution < 1.29 is 14.7 Å². The van der Waals surface area contributed by atoms with Crippen molar-refractivity contribution in [3.05, 3.63) is 35.4 Å². The Kier molecular flexibility index (Phi) is 5.72. The summed E-state index contributed by atoms with van der Waals surface area (Å²) in [5.41, 5.74) is 1.17. The lowest BCUT2D eigenvalue weighted by atomic mass is 9.80. The van der Waals surface area contributed by atoms with Crippen LogP contribution in [0.2, 0.25) is 0 Å². The van der Waals surface area contributed by atoms with Crippen molar-refractivity contribution in [2.45, 2.75) is 57.5 Å². The summed E-state index contributed by atoms with van der Waals surface area (Å²) in [6.07, 6.45) is 4.98. The lowest BCUT2D eigenvalue weighted by molar-refractivity contribution is -0.123. The molecule has 0 radical (unpaired) electrons. The minimum atomic E-state index is -0.714. The number of carbonyl (C=O) groups excluding carboxylic acids is 2. The predicted octanol–water partition coefficient (Wildman–Crippen LogP) is 2.63. The Morgan fingerprint density at radius 3 is 2.41 bits per heavy atom. The Hall–Kier alpha value is -1.68. The molecule has 1 fully saturated rings. The van der Waals surface area contributed by atoms with Gasteiger partial charge in [-0.1, -0.05) is 37.6 Å². The second-order valence-corrected chi connectivity index (χ2v) is 6.22. The monoisotopic (exact) mass is 303 g/mol. The minimum absolute atomic E-state index is 0.0134. The third-order valence-electron chi connectivity index (χ3n) is 4.29. The molecule has 2 N–H and O–H groups in total. The summed E-state index contributed by atoms with van der Waals surface area (Å²) < 4.78 is 0. The molecule has 4 heteroatoms. The minimum Gasteiger partial charge on any atom is -0.388 e. The topological polar surface area (TPSA) is 66.4 Å². The van der Waals surface area contributed by atoms with Crippen LogP contribution >= 0.6 is 0 Å². The normalized spacial score (nSPS) is 15.9. The van der Waals surface area contributed by atoms with E-state index in [2.05, 4.69) is 12.2 Å². The van der Waals surface area contributed by atoms with Gasteiger partial charge in [0.05, 0.1) is 5.60 Å². The van der Waals surface area contributed by atoms with Crippen molar-refractivity contribution in [3.8, 4) is 0 Å². The summed E-state index contributed by atoms with van der Waals surface area (Å²) in [6.45, 7) is 2.42. The van der Waals surface area contributed by atoms with E-state index in [4.69, 9.17) is 0 Å². The van der Waals surface area contributed by atoms with Crippen LogP contribution in [0.4, 0.5) is 0 Å². The van der Waals surface area contributed by atoms with Crippen molar-refractivity contribution >= 4 is 11.7 Å². The van der Waals surface area contributed by atoms with Crippen LogP contribution in [0.1, 0.15) is 61.4 Å². The number of hydrogen-bond donors (Lipinski definition) is 2. The average Bonchev–Trinajstić information content (AvgIpc) is 2.49. The molecule has 0 unspecified atom stereocenters. The number of aryl methyl sites for hydroxylation is 1. The Bertz CT molecular complexity index is 518. The van der Waals surface area contributed by atoms with E-state index in [1.54, 1.807) is 0 Å². The Morgan fingerprint density at radius 1 is 1.18 bits per heavy atom. The summed E-state index contributed by atoms with van der Waals surface area (Å²) in [5.74, 6) is -0.183. The van der Waals surface area contributed by atoms with Gasteiger partial charge in [-0.3, -0.25) is 9.59 Å². The molecule has 0 bridgehead atoms. The van der Waals surface area contributed by atoms with Gasteiger partial charge in [0.25, 0.3) is 0 Å². The lowest BCUT2D eigenvalue weighted by Crippen LogP contribution is -2.47. The molecule has 0 atom stereocenters. The van der Waals surface area contributed by atoms with Crippen LogP contribution in [0.3, 0.4) is 0 Å². The Labute approximate surface area is 131 Å². The Balaban J connectivity index is 1.73. The van der Waals surface area contributed by atoms with Crippen LogP contribution in [0, 0.1) is 0 Å². The third-order valence-corrected chi connectivity index (χ3v) is 4.29. The van der Waals surface area contributed by atoms with E-state index >= 15 is 0 Å². The summed E-state index contributed by atoms with van der Waals surface area (Å²) in [7, 11) is 0. The molecule has 0 saturated heterocycles. The first-order valence-electron chi connectivity index (χ1n) is 8.14. The highest BCUT2D eigenvalue weighted by molar-refractivity contribution is 5.97. The van der Waals surface area contributed by atoms with Gasteiger partial charge in [0.1, 0.15) is 0 Å². The van der Waals surface area contributed by atoms with Gasteiger partial charge in [-0.15, -0.1) is 0 Å². The van der Waals surface area contributed by atoms with E-state index in [1.807, 2.05) is 24.3 Å². The van der Waals surface area contributed by atoms with Crippen LogP contribution < -0.4 is 5.32 Å². The maximum absolute atomic E-state index is 12.1. The maximum atomic E-state index is 12.1. The predicted molar refractivity (Wildman–Crippen MR) is 85.8 cm³/mol. The summed E-state index contributed by atoms with van der Waals surface area (Å²) in [6, 6.07) is 7.62. The van der Waals surface area contributed by atoms with E-state index in [-0.39, 0.29) is 24.5 Å². The van der Waals surface area contributed by atoms with Gasteiger partial charge in [-0.05, 0) is 31.2 Å². The van der Waals surface area contributed by atoms with Crippen molar-refractivity contribution in [1.29, 1.82) is 0 Å². The highest BCUT2D eigenvalue weighted by Crippen LogP contribution is 2.30. The highest BCUT2D eigenvalue weighted by atomic mass is 16.3. The number of amides is 1. The molecular weight excluding hydrogens is 278 g/mol. The first-order chi connectivity index (χ1) is 10.5. The van der Waals surface area contributed by atoms with Crippen LogP contribution in [-0.4, -0.2) is 28.9 Å². The van der Waals surface area contributed by atoms with Crippen molar-refractivity contribution in [3.63, 3.8) is 0 Å². The SMILES string of the molecule is CCCc1ccc(C(=O)CCC(=O)NCC2(O)CCC2)cc1. The number of aliphatic hydroxyl groups is 1. The molecule has 120 valence electrons. The highest BCUT2D eigenvalue weighted by Gasteiger charge is 2.34. The summed E-state index contributed by atoms with van der Waals surface area (Å²) >= 11 is 0. The van der Waals surface area contributed by atoms with Gasteiger partial charge >= 0.3 is 0 Å². The molecule has 1 aliphatic rings. The Morgan fingerprint density at radius 2 is 1.86 bits per heavy atom. The molecule has 1 aliphatic carbocycles. The largest absolute Gasteiger partial charge is 0.388 e. The second-order valence-electron chi connectivity index (χ2n) is 6.22. The molecule has 22 heavy (non-hydrogen) atoms. The summed E-state index contributed by atoms with van der Waals surface area (Å²) in [4.78, 5) is 23.8. The fourth-order valence-corrected chi connectivity index (χ4v) is 2.63. The lowest BCUT2D eigenvalue weighted by Gasteiger charge is -2.36. The molecule has 0 heterocycles. The molecule has 0 aliphatic heterocycles. The zero-order chi connectivity index (χ0) is 16.0. The molecule has 1 aromatic carbocycles. The third kappa shape index (κ3) is 4.67. The van der Waals surface area contributed by atoms with Crippen LogP contribution in [0.5, 0.6) is 0 Å². The fourth-order valence-electron chi connectivity index (χ4n) is 2.63. The van der Waals surface area contributed by atoms with Gasteiger partial charge in [0.2, 0.25) is 5.91 Å². The van der Waals surface area contributed by atoms with E-state index in [0.717, 1.165) is 32.1 Å². The van der Waals surface area contributed by atoms with E-state index in [9.17, 15) is 14.7 Å². The number of hydrogen-bond acceptors (Lipinski definition) is 3. The van der Waals surface area contributed by atoms with Gasteiger partial charge in [-0.25, -0.2) is 0 Å². The van der Waals surface area contributed by atoms with Crippen molar-refractivity contribution in [1.82, 2.24) is 5.32 Å². The molecule has 1 amide bonds. The zero-order valence-corrected chi connectivity index (χ0v) is 13.2. The van der Waals surface area contributed by atoms with Crippen molar-refractivity contribution in [2.24, 2.45) is 0 Å². The van der Waals surface area contributed by atoms with Crippen LogP contribution in [-0.2, 0) is 11.2 Å². The van der Waals surface area contributed by atoms with Gasteiger partial charge < -0.3 is 10.4 Å². The second kappa shape index (κ2) is 7.54. The zero-order valence-electron chi connectivity index (χ0n) is 13.2. The number of Topliss-reactive ketones (excluding diaryl/α,β-unsaturated/α-hetero) is 1. The van der Waals surface area contributed by atoms with Crippen molar-refractivity contribution in [2.75, 3.05) is 6.54 Å². The number of benzene rings is 1. The standard InChI is InChI=1S/C18H25NO3/c1-2-4-14-5-7-15(8-6-14)16(20)9-10-17(21)19-13-18(22)11-3-12-18/h5-8,22H,2-4,9-13H2,1H3,(H,19,21). The number of nitrogens with one attached hydrogen (secondary N) is 1. The molecule has 2 rings (SSSR count).